The van der Waals surface area contributed by atoms with Crippen LogP contribution in [-0.2, 0) is 19.5 Å². The highest BCUT2D eigenvalue weighted by molar-refractivity contribution is 7.23. The summed E-state index contributed by atoms with van der Waals surface area (Å²) in [6.07, 6.45) is 0.918. The maximum absolute atomic E-state index is 12.9. The molecule has 0 spiro atoms. The Hall–Kier alpha value is -3.04. The molecule has 0 aliphatic carbocycles. The van der Waals surface area contributed by atoms with Crippen molar-refractivity contribution in [1.82, 2.24) is 15.0 Å². The number of nitrogens with zero attached hydrogens (tertiary/aromatic N) is 3. The van der Waals surface area contributed by atoms with Gasteiger partial charge in [-0.1, -0.05) is 47.6 Å². The third kappa shape index (κ3) is 4.75. The Bertz CT molecular complexity index is 1460. The Morgan fingerprint density at radius 3 is 2.69 bits per heavy atom. The number of para-hydroxylation sites is 1. The maximum atomic E-state index is 12.9. The standard InChI is InChI=1S/C26H22N4O2S2.ClH/c1-16-13-20(32-29-16)24(31)28-26-23(25-27-19-9-5-6-10-21(19)33-25)18-11-12-30(15-22(18)34-26)14-17-7-3-2-4-8-17;/h2-10,13H,11-12,14-15H2,1H3,(H,28,31);1H. The van der Waals surface area contributed by atoms with Gasteiger partial charge in [0.25, 0.3) is 5.91 Å². The monoisotopic (exact) mass is 522 g/mol. The van der Waals surface area contributed by atoms with Crippen LogP contribution in [0.5, 0.6) is 0 Å². The molecule has 0 bridgehead atoms. The summed E-state index contributed by atoms with van der Waals surface area (Å²) in [4.78, 5) is 21.6. The predicted molar refractivity (Wildman–Crippen MR) is 144 cm³/mol. The van der Waals surface area contributed by atoms with E-state index in [1.54, 1.807) is 35.7 Å². The van der Waals surface area contributed by atoms with Crippen molar-refractivity contribution in [3.05, 3.63) is 88.1 Å². The van der Waals surface area contributed by atoms with E-state index in [4.69, 9.17) is 9.51 Å². The number of halogens is 1. The smallest absolute Gasteiger partial charge is 0.294 e. The van der Waals surface area contributed by atoms with Gasteiger partial charge in [0.1, 0.15) is 10.0 Å². The molecule has 1 aliphatic rings. The lowest BCUT2D eigenvalue weighted by Crippen LogP contribution is -2.29. The van der Waals surface area contributed by atoms with Crippen molar-refractivity contribution < 1.29 is 9.32 Å². The van der Waals surface area contributed by atoms with Crippen LogP contribution in [0.3, 0.4) is 0 Å². The zero-order valence-electron chi connectivity index (χ0n) is 19.0. The molecular weight excluding hydrogens is 500 g/mol. The maximum Gasteiger partial charge on any atom is 0.294 e. The van der Waals surface area contributed by atoms with Gasteiger partial charge in [-0.05, 0) is 36.6 Å². The van der Waals surface area contributed by atoms with Crippen LogP contribution in [-0.4, -0.2) is 27.5 Å². The second-order valence-corrected chi connectivity index (χ2v) is 10.6. The Kier molecular flexibility index (Phi) is 6.71. The summed E-state index contributed by atoms with van der Waals surface area (Å²) in [5.74, 6) is -0.0764. The summed E-state index contributed by atoms with van der Waals surface area (Å²) in [7, 11) is 0. The lowest BCUT2D eigenvalue weighted by atomic mass is 10.0. The van der Waals surface area contributed by atoms with Crippen molar-refractivity contribution in [1.29, 1.82) is 0 Å². The molecule has 2 aromatic carbocycles. The summed E-state index contributed by atoms with van der Waals surface area (Å²) in [5.41, 5.74) is 5.30. The van der Waals surface area contributed by atoms with E-state index in [0.29, 0.717) is 5.69 Å². The molecule has 0 radical (unpaired) electrons. The fourth-order valence-corrected chi connectivity index (χ4v) is 6.76. The van der Waals surface area contributed by atoms with Crippen molar-refractivity contribution >= 4 is 56.2 Å². The summed E-state index contributed by atoms with van der Waals surface area (Å²) in [6, 6.07) is 20.4. The van der Waals surface area contributed by atoms with E-state index in [0.717, 1.165) is 51.8 Å². The van der Waals surface area contributed by atoms with E-state index in [1.165, 1.54) is 16.0 Å². The number of carbonyl (C=O) groups excluding carboxylic acids is 1. The van der Waals surface area contributed by atoms with Crippen LogP contribution in [0.25, 0.3) is 20.8 Å². The Morgan fingerprint density at radius 1 is 1.11 bits per heavy atom. The minimum Gasteiger partial charge on any atom is -0.351 e. The van der Waals surface area contributed by atoms with Gasteiger partial charge in [0.15, 0.2) is 0 Å². The van der Waals surface area contributed by atoms with Crippen molar-refractivity contribution in [2.24, 2.45) is 0 Å². The summed E-state index contributed by atoms with van der Waals surface area (Å²) < 4.78 is 6.34. The quantitative estimate of drug-likeness (QED) is 0.283. The molecule has 35 heavy (non-hydrogen) atoms. The van der Waals surface area contributed by atoms with Gasteiger partial charge in [0.2, 0.25) is 5.76 Å². The molecule has 0 atom stereocenters. The molecule has 6 rings (SSSR count). The summed E-state index contributed by atoms with van der Waals surface area (Å²) >= 11 is 3.31. The molecule has 4 heterocycles. The van der Waals surface area contributed by atoms with E-state index in [9.17, 15) is 4.79 Å². The Balaban J connectivity index is 0.00000253. The number of amides is 1. The van der Waals surface area contributed by atoms with E-state index in [-0.39, 0.29) is 24.1 Å². The summed E-state index contributed by atoms with van der Waals surface area (Å²) in [6.45, 7) is 4.53. The molecular formula is C26H23ClN4O2S2. The van der Waals surface area contributed by atoms with Crippen LogP contribution >= 0.6 is 35.1 Å². The molecule has 5 aromatic rings. The fourth-order valence-electron chi connectivity index (χ4n) is 4.36. The molecule has 1 N–H and O–H groups in total. The lowest BCUT2D eigenvalue weighted by Gasteiger charge is -2.27. The normalized spacial score (nSPS) is 13.4. The highest BCUT2D eigenvalue weighted by Crippen LogP contribution is 2.46. The van der Waals surface area contributed by atoms with Gasteiger partial charge >= 0.3 is 0 Å². The van der Waals surface area contributed by atoms with Crippen LogP contribution in [0.4, 0.5) is 5.00 Å². The average molecular weight is 523 g/mol. The number of rotatable bonds is 5. The predicted octanol–water partition coefficient (Wildman–Crippen LogP) is 6.55. The number of thiophene rings is 1. The van der Waals surface area contributed by atoms with Crippen LogP contribution in [0.15, 0.2) is 65.2 Å². The van der Waals surface area contributed by atoms with E-state index < -0.39 is 0 Å². The molecule has 0 fully saturated rings. The SMILES string of the molecule is Cc1cc(C(=O)Nc2sc3c(c2-c2nc4ccccc4s2)CCN(Cc2ccccc2)C3)on1.Cl. The molecule has 0 unspecified atom stereocenters. The van der Waals surface area contributed by atoms with Gasteiger partial charge in [-0.25, -0.2) is 4.98 Å². The largest absolute Gasteiger partial charge is 0.351 e. The number of thiazole rings is 1. The van der Waals surface area contributed by atoms with Crippen molar-refractivity contribution in [2.75, 3.05) is 11.9 Å². The molecule has 3 aromatic heterocycles. The second-order valence-electron chi connectivity index (χ2n) is 8.43. The lowest BCUT2D eigenvalue weighted by molar-refractivity contribution is 0.0988. The second kappa shape index (κ2) is 9.91. The van der Waals surface area contributed by atoms with Crippen molar-refractivity contribution in [3.63, 3.8) is 0 Å². The topological polar surface area (TPSA) is 71.3 Å². The number of hydrogen-bond acceptors (Lipinski definition) is 7. The van der Waals surface area contributed by atoms with E-state index >= 15 is 0 Å². The minimum atomic E-state index is -0.289. The molecule has 1 amide bonds. The van der Waals surface area contributed by atoms with Gasteiger partial charge in [-0.3, -0.25) is 9.69 Å². The highest BCUT2D eigenvalue weighted by atomic mass is 35.5. The van der Waals surface area contributed by atoms with Crippen molar-refractivity contribution in [3.8, 4) is 10.6 Å². The number of benzene rings is 2. The van der Waals surface area contributed by atoms with Crippen molar-refractivity contribution in [2.45, 2.75) is 26.4 Å². The zero-order valence-corrected chi connectivity index (χ0v) is 21.4. The van der Waals surface area contributed by atoms with Gasteiger partial charge in [-0.2, -0.15) is 0 Å². The molecule has 1 aliphatic heterocycles. The molecule has 9 heteroatoms. The van der Waals surface area contributed by atoms with Crippen LogP contribution in [0.2, 0.25) is 0 Å². The number of carbonyl (C=O) groups is 1. The average Bonchev–Trinajstić information content (AvgIpc) is 3.55. The minimum absolute atomic E-state index is 0. The number of aryl methyl sites for hydroxylation is 1. The molecule has 0 saturated carbocycles. The van der Waals surface area contributed by atoms with E-state index in [2.05, 4.69) is 45.7 Å². The molecule has 0 saturated heterocycles. The number of fused-ring (bicyclic) bond motifs is 2. The molecule has 6 nitrogen and oxygen atoms in total. The zero-order chi connectivity index (χ0) is 23.1. The third-order valence-electron chi connectivity index (χ3n) is 5.97. The van der Waals surface area contributed by atoms with Crippen LogP contribution in [0, 0.1) is 6.92 Å². The highest BCUT2D eigenvalue weighted by Gasteiger charge is 2.28. The summed E-state index contributed by atoms with van der Waals surface area (Å²) in [5, 5.41) is 8.72. The first-order valence-electron chi connectivity index (χ1n) is 11.2. The van der Waals surface area contributed by atoms with Gasteiger partial charge in [0, 0.05) is 36.1 Å². The first kappa shape index (κ1) is 23.7. The number of nitrogens with one attached hydrogen (secondary N) is 1. The van der Waals surface area contributed by atoms with Gasteiger partial charge in [0.05, 0.1) is 15.9 Å². The number of hydrogen-bond donors (Lipinski definition) is 1. The van der Waals surface area contributed by atoms with Crippen LogP contribution in [0.1, 0.15) is 32.3 Å². The Morgan fingerprint density at radius 2 is 1.91 bits per heavy atom. The Labute approximate surface area is 217 Å². The van der Waals surface area contributed by atoms with E-state index in [1.807, 2.05) is 24.3 Å². The van der Waals surface area contributed by atoms with Gasteiger partial charge < -0.3 is 9.84 Å². The number of aromatic nitrogens is 2. The fraction of sp³-hybridized carbons (Fsp3) is 0.192. The third-order valence-corrected chi connectivity index (χ3v) is 8.16. The molecule has 178 valence electrons. The first-order chi connectivity index (χ1) is 16.6. The first-order valence-corrected chi connectivity index (χ1v) is 12.8. The number of anilines is 1. The van der Waals surface area contributed by atoms with Gasteiger partial charge in [-0.15, -0.1) is 35.1 Å². The van der Waals surface area contributed by atoms with Crippen LogP contribution < -0.4 is 5.32 Å².